The molecule has 0 saturated carbocycles. The van der Waals surface area contributed by atoms with Gasteiger partial charge in [0.2, 0.25) is 0 Å². The van der Waals surface area contributed by atoms with Crippen LogP contribution in [-0.2, 0) is 0 Å². The molecule has 1 aromatic carbocycles. The van der Waals surface area contributed by atoms with E-state index < -0.39 is 6.36 Å². The number of alkyl halides is 3. The molecule has 2 rings (SSSR count). The second-order valence-electron chi connectivity index (χ2n) is 4.77. The molecule has 1 heterocycles. The van der Waals surface area contributed by atoms with E-state index in [1.165, 1.54) is 18.2 Å². The molecule has 0 spiro atoms. The van der Waals surface area contributed by atoms with Crippen LogP contribution in [-0.4, -0.2) is 16.3 Å². The van der Waals surface area contributed by atoms with Gasteiger partial charge in [0.15, 0.2) is 5.82 Å². The Labute approximate surface area is 119 Å². The molecule has 0 fully saturated rings. The molecule has 0 aliphatic carbocycles. The fourth-order valence-electron chi connectivity index (χ4n) is 1.74. The lowest BCUT2D eigenvalue weighted by molar-refractivity contribution is -0.274. The summed E-state index contributed by atoms with van der Waals surface area (Å²) in [4.78, 5) is 8.37. The van der Waals surface area contributed by atoms with Crippen molar-refractivity contribution in [1.29, 1.82) is 0 Å². The van der Waals surface area contributed by atoms with E-state index in [1.807, 2.05) is 13.8 Å². The first kappa shape index (κ1) is 15.1. The van der Waals surface area contributed by atoms with Gasteiger partial charge in [-0.1, -0.05) is 26.0 Å². The van der Waals surface area contributed by atoms with E-state index in [4.69, 9.17) is 5.73 Å². The topological polar surface area (TPSA) is 61.0 Å². The molecule has 0 unspecified atom stereocenters. The predicted octanol–water partition coefficient (Wildman–Crippen LogP) is 3.75. The average molecular weight is 297 g/mol. The second-order valence-corrected chi connectivity index (χ2v) is 4.77. The van der Waals surface area contributed by atoms with Gasteiger partial charge in [-0.2, -0.15) is 0 Å². The van der Waals surface area contributed by atoms with Crippen molar-refractivity contribution in [2.24, 2.45) is 0 Å². The average Bonchev–Trinajstić information content (AvgIpc) is 2.36. The molecule has 4 nitrogen and oxygen atoms in total. The van der Waals surface area contributed by atoms with Crippen molar-refractivity contribution in [2.45, 2.75) is 26.1 Å². The Hall–Kier alpha value is -2.31. The molecule has 0 amide bonds. The number of benzene rings is 1. The molecule has 2 aromatic rings. The van der Waals surface area contributed by atoms with Gasteiger partial charge in [0, 0.05) is 17.3 Å². The number of hydrogen-bond donors (Lipinski definition) is 1. The van der Waals surface area contributed by atoms with Gasteiger partial charge in [0.05, 0.1) is 0 Å². The number of hydrogen-bond acceptors (Lipinski definition) is 4. The maximum absolute atomic E-state index is 12.2. The molecule has 0 bridgehead atoms. The normalized spacial score (nSPS) is 11.7. The van der Waals surface area contributed by atoms with Crippen molar-refractivity contribution in [2.75, 3.05) is 5.73 Å². The highest BCUT2D eigenvalue weighted by Crippen LogP contribution is 2.27. The summed E-state index contributed by atoms with van der Waals surface area (Å²) in [6.07, 6.45) is -4.74. The minimum absolute atomic E-state index is 0.128. The zero-order valence-electron chi connectivity index (χ0n) is 11.5. The summed E-state index contributed by atoms with van der Waals surface area (Å²) in [5, 5.41) is 0. The highest BCUT2D eigenvalue weighted by atomic mass is 19.4. The summed E-state index contributed by atoms with van der Waals surface area (Å²) in [5.41, 5.74) is 6.84. The Morgan fingerprint density at radius 1 is 1.14 bits per heavy atom. The van der Waals surface area contributed by atoms with Crippen LogP contribution in [0.1, 0.15) is 25.5 Å². The smallest absolute Gasteiger partial charge is 0.406 e. The third kappa shape index (κ3) is 4.08. The number of anilines is 1. The second kappa shape index (κ2) is 5.59. The number of halogens is 3. The first-order valence-electron chi connectivity index (χ1n) is 6.25. The van der Waals surface area contributed by atoms with Crippen molar-refractivity contribution in [3.8, 4) is 17.1 Å². The maximum atomic E-state index is 12.2. The van der Waals surface area contributed by atoms with E-state index in [0.29, 0.717) is 5.56 Å². The lowest BCUT2D eigenvalue weighted by Crippen LogP contribution is -2.17. The van der Waals surface area contributed by atoms with Gasteiger partial charge >= 0.3 is 6.36 Å². The van der Waals surface area contributed by atoms with Gasteiger partial charge in [-0.15, -0.1) is 13.2 Å². The number of nitrogens with two attached hydrogens (primary N) is 1. The number of nitrogen functional groups attached to an aromatic ring is 1. The van der Waals surface area contributed by atoms with Gasteiger partial charge in [-0.25, -0.2) is 9.97 Å². The Bertz CT molecular complexity index is 642. The Balaban J connectivity index is 2.40. The molecule has 0 radical (unpaired) electrons. The van der Waals surface area contributed by atoms with E-state index in [0.717, 1.165) is 5.69 Å². The van der Waals surface area contributed by atoms with Gasteiger partial charge in [0.1, 0.15) is 11.6 Å². The Morgan fingerprint density at radius 2 is 1.86 bits per heavy atom. The zero-order valence-corrected chi connectivity index (χ0v) is 11.5. The van der Waals surface area contributed by atoms with E-state index in [-0.39, 0.29) is 23.3 Å². The standard InChI is InChI=1S/C14H14F3N3O/c1-8(2)11-7-12(18)20-13(19-11)9-4-3-5-10(6-9)21-14(15,16)17/h3-8H,1-2H3,(H2,18,19,20). The summed E-state index contributed by atoms with van der Waals surface area (Å²) < 4.78 is 40.6. The van der Waals surface area contributed by atoms with Crippen LogP contribution < -0.4 is 10.5 Å². The highest BCUT2D eigenvalue weighted by Gasteiger charge is 2.31. The third-order valence-corrected chi connectivity index (χ3v) is 2.68. The largest absolute Gasteiger partial charge is 0.573 e. The molecule has 0 aliphatic rings. The van der Waals surface area contributed by atoms with Crippen LogP contribution in [0.4, 0.5) is 19.0 Å². The van der Waals surface area contributed by atoms with Crippen LogP contribution in [0.3, 0.4) is 0 Å². The van der Waals surface area contributed by atoms with Crippen LogP contribution in [0.5, 0.6) is 5.75 Å². The number of ether oxygens (including phenoxy) is 1. The van der Waals surface area contributed by atoms with Crippen LogP contribution >= 0.6 is 0 Å². The van der Waals surface area contributed by atoms with E-state index in [1.54, 1.807) is 12.1 Å². The van der Waals surface area contributed by atoms with Gasteiger partial charge in [0.25, 0.3) is 0 Å². The van der Waals surface area contributed by atoms with Crippen molar-refractivity contribution < 1.29 is 17.9 Å². The van der Waals surface area contributed by atoms with Crippen molar-refractivity contribution in [3.05, 3.63) is 36.0 Å². The monoisotopic (exact) mass is 297 g/mol. The molecule has 112 valence electrons. The lowest BCUT2D eigenvalue weighted by atomic mass is 10.1. The summed E-state index contributed by atoms with van der Waals surface area (Å²) in [6, 6.07) is 7.13. The summed E-state index contributed by atoms with van der Waals surface area (Å²) >= 11 is 0. The molecule has 2 N–H and O–H groups in total. The number of nitrogens with zero attached hydrogens (tertiary/aromatic N) is 2. The van der Waals surface area contributed by atoms with E-state index in [9.17, 15) is 13.2 Å². The summed E-state index contributed by atoms with van der Waals surface area (Å²) in [6.45, 7) is 3.88. The number of rotatable bonds is 3. The lowest BCUT2D eigenvalue weighted by Gasteiger charge is -2.11. The van der Waals surface area contributed by atoms with Gasteiger partial charge in [-0.3, -0.25) is 0 Å². The first-order valence-corrected chi connectivity index (χ1v) is 6.25. The third-order valence-electron chi connectivity index (χ3n) is 2.68. The molecule has 21 heavy (non-hydrogen) atoms. The zero-order chi connectivity index (χ0) is 15.6. The minimum atomic E-state index is -4.74. The van der Waals surface area contributed by atoms with Crippen LogP contribution in [0.25, 0.3) is 11.4 Å². The molecular formula is C14H14F3N3O. The van der Waals surface area contributed by atoms with Gasteiger partial charge < -0.3 is 10.5 Å². The van der Waals surface area contributed by atoms with Crippen molar-refractivity contribution in [3.63, 3.8) is 0 Å². The molecule has 0 aliphatic heterocycles. The van der Waals surface area contributed by atoms with Crippen LogP contribution in [0, 0.1) is 0 Å². The molecule has 0 atom stereocenters. The summed E-state index contributed by atoms with van der Waals surface area (Å²) in [7, 11) is 0. The van der Waals surface area contributed by atoms with Crippen LogP contribution in [0.15, 0.2) is 30.3 Å². The highest BCUT2D eigenvalue weighted by molar-refractivity contribution is 5.59. The SMILES string of the molecule is CC(C)c1cc(N)nc(-c2cccc(OC(F)(F)F)c2)n1. The maximum Gasteiger partial charge on any atom is 0.573 e. The molecular weight excluding hydrogens is 283 g/mol. The summed E-state index contributed by atoms with van der Waals surface area (Å²) in [5.74, 6) is 0.345. The minimum Gasteiger partial charge on any atom is -0.406 e. The van der Waals surface area contributed by atoms with E-state index in [2.05, 4.69) is 14.7 Å². The van der Waals surface area contributed by atoms with Gasteiger partial charge in [-0.05, 0) is 18.1 Å². The number of aromatic nitrogens is 2. The predicted molar refractivity (Wildman–Crippen MR) is 72.7 cm³/mol. The molecule has 7 heteroatoms. The van der Waals surface area contributed by atoms with Crippen molar-refractivity contribution in [1.82, 2.24) is 9.97 Å². The van der Waals surface area contributed by atoms with Crippen LogP contribution in [0.2, 0.25) is 0 Å². The fourth-order valence-corrected chi connectivity index (χ4v) is 1.74. The Kier molecular flexibility index (Phi) is 4.02. The fraction of sp³-hybridized carbons (Fsp3) is 0.286. The molecule has 1 aromatic heterocycles. The quantitative estimate of drug-likeness (QED) is 0.937. The van der Waals surface area contributed by atoms with E-state index >= 15 is 0 Å². The molecule has 0 saturated heterocycles. The Morgan fingerprint density at radius 3 is 2.48 bits per heavy atom. The first-order chi connectivity index (χ1) is 9.74. The van der Waals surface area contributed by atoms with Crippen molar-refractivity contribution >= 4 is 5.82 Å².